The number of sulfonamides is 1. The van der Waals surface area contributed by atoms with Gasteiger partial charge < -0.3 is 0 Å². The Labute approximate surface area is 134 Å². The van der Waals surface area contributed by atoms with Crippen LogP contribution in [0, 0.1) is 18.8 Å². The van der Waals surface area contributed by atoms with Gasteiger partial charge in [-0.05, 0) is 42.0 Å². The summed E-state index contributed by atoms with van der Waals surface area (Å²) in [7, 11) is -3.45. The van der Waals surface area contributed by atoms with Gasteiger partial charge in [0.2, 0.25) is 10.0 Å². The second-order valence-corrected chi connectivity index (χ2v) is 8.64. The van der Waals surface area contributed by atoms with E-state index in [0.717, 1.165) is 15.6 Å². The molecular formula is C14H19BrClNO2S. The van der Waals surface area contributed by atoms with Crippen molar-refractivity contribution in [3.63, 3.8) is 0 Å². The molecule has 0 aliphatic carbocycles. The molecule has 1 aromatic rings. The summed E-state index contributed by atoms with van der Waals surface area (Å²) in [4.78, 5) is 0.365. The Balaban J connectivity index is 2.47. The molecule has 2 unspecified atom stereocenters. The van der Waals surface area contributed by atoms with Gasteiger partial charge in [-0.1, -0.05) is 29.8 Å². The Morgan fingerprint density at radius 2 is 1.85 bits per heavy atom. The van der Waals surface area contributed by atoms with Crippen molar-refractivity contribution in [3.8, 4) is 0 Å². The average molecular weight is 381 g/mol. The molecule has 0 N–H and O–H groups in total. The normalized spacial score (nSPS) is 24.2. The third-order valence-corrected chi connectivity index (χ3v) is 7.17. The number of alkyl halides is 1. The minimum absolute atomic E-state index is 0.300. The fraction of sp³-hybridized carbons (Fsp3) is 0.571. The van der Waals surface area contributed by atoms with Gasteiger partial charge in [0, 0.05) is 23.4 Å². The molecule has 1 aromatic carbocycles. The SMILES string of the molecule is Cc1c(Br)cc(CCl)cc1S(=O)(=O)N1CC(C)C(C)C1. The molecule has 0 saturated carbocycles. The largest absolute Gasteiger partial charge is 0.243 e. The highest BCUT2D eigenvalue weighted by atomic mass is 79.9. The zero-order valence-corrected chi connectivity index (χ0v) is 15.0. The molecule has 0 spiro atoms. The van der Waals surface area contributed by atoms with Crippen molar-refractivity contribution < 1.29 is 8.42 Å². The first kappa shape index (κ1) is 16.3. The first-order chi connectivity index (χ1) is 9.27. The van der Waals surface area contributed by atoms with Crippen molar-refractivity contribution in [1.29, 1.82) is 0 Å². The summed E-state index contributed by atoms with van der Waals surface area (Å²) in [5, 5.41) is 0. The molecule has 0 aromatic heterocycles. The van der Waals surface area contributed by atoms with Crippen molar-refractivity contribution in [2.24, 2.45) is 11.8 Å². The van der Waals surface area contributed by atoms with E-state index in [-0.39, 0.29) is 0 Å². The fourth-order valence-corrected chi connectivity index (χ4v) is 5.20. The number of hydrogen-bond acceptors (Lipinski definition) is 2. The first-order valence-electron chi connectivity index (χ1n) is 6.62. The molecule has 6 heteroatoms. The van der Waals surface area contributed by atoms with E-state index in [9.17, 15) is 8.42 Å². The summed E-state index contributed by atoms with van der Waals surface area (Å²) >= 11 is 9.27. The van der Waals surface area contributed by atoms with E-state index in [2.05, 4.69) is 29.8 Å². The Kier molecular flexibility index (Phi) is 4.84. The van der Waals surface area contributed by atoms with Crippen LogP contribution in [0.1, 0.15) is 25.0 Å². The fourth-order valence-electron chi connectivity index (χ4n) is 2.46. The molecule has 20 heavy (non-hydrogen) atoms. The lowest BCUT2D eigenvalue weighted by atomic mass is 10.0. The van der Waals surface area contributed by atoms with Crippen LogP contribution in [0.5, 0.6) is 0 Å². The topological polar surface area (TPSA) is 37.4 Å². The standard InChI is InChI=1S/C14H19BrClNO2S/c1-9-7-17(8-10(9)2)20(18,19)14-5-12(6-16)4-13(15)11(14)3/h4-5,9-10H,6-8H2,1-3H3. The van der Waals surface area contributed by atoms with Crippen LogP contribution < -0.4 is 0 Å². The maximum atomic E-state index is 12.8. The lowest BCUT2D eigenvalue weighted by Gasteiger charge is -2.19. The second-order valence-electron chi connectivity index (χ2n) is 5.61. The molecule has 0 bridgehead atoms. The van der Waals surface area contributed by atoms with E-state index in [1.54, 1.807) is 10.4 Å². The van der Waals surface area contributed by atoms with E-state index < -0.39 is 10.0 Å². The third kappa shape index (κ3) is 2.91. The van der Waals surface area contributed by atoms with E-state index in [4.69, 9.17) is 11.6 Å². The summed E-state index contributed by atoms with van der Waals surface area (Å²) in [6.45, 7) is 7.19. The van der Waals surface area contributed by atoms with Crippen molar-refractivity contribution in [1.82, 2.24) is 4.31 Å². The molecule has 2 atom stereocenters. The Morgan fingerprint density at radius 3 is 2.35 bits per heavy atom. The Hall–Kier alpha value is -0.100. The Morgan fingerprint density at radius 1 is 1.30 bits per heavy atom. The van der Waals surface area contributed by atoms with Crippen molar-refractivity contribution >= 4 is 37.6 Å². The quantitative estimate of drug-likeness (QED) is 0.749. The van der Waals surface area contributed by atoms with Crippen LogP contribution in [0.3, 0.4) is 0 Å². The minimum Gasteiger partial charge on any atom is -0.207 e. The monoisotopic (exact) mass is 379 g/mol. The molecule has 3 nitrogen and oxygen atoms in total. The highest BCUT2D eigenvalue weighted by molar-refractivity contribution is 9.10. The number of benzene rings is 1. The summed E-state index contributed by atoms with van der Waals surface area (Å²) in [5.41, 5.74) is 1.55. The minimum atomic E-state index is -3.45. The molecule has 0 amide bonds. The second kappa shape index (κ2) is 5.95. The van der Waals surface area contributed by atoms with Crippen molar-refractivity contribution in [2.45, 2.75) is 31.5 Å². The molecular weight excluding hydrogens is 362 g/mol. The summed E-state index contributed by atoms with van der Waals surface area (Å²) in [6.07, 6.45) is 0. The van der Waals surface area contributed by atoms with Crippen LogP contribution in [0.4, 0.5) is 0 Å². The Bertz CT molecular complexity index is 608. The van der Waals surface area contributed by atoms with Gasteiger partial charge >= 0.3 is 0 Å². The van der Waals surface area contributed by atoms with E-state index in [1.807, 2.05) is 13.0 Å². The number of hydrogen-bond donors (Lipinski definition) is 0. The third-order valence-electron chi connectivity index (χ3n) is 4.08. The van der Waals surface area contributed by atoms with Gasteiger partial charge in [0.1, 0.15) is 0 Å². The zero-order valence-electron chi connectivity index (χ0n) is 11.9. The van der Waals surface area contributed by atoms with Crippen molar-refractivity contribution in [3.05, 3.63) is 27.7 Å². The van der Waals surface area contributed by atoms with Gasteiger partial charge in [0.05, 0.1) is 4.90 Å². The maximum Gasteiger partial charge on any atom is 0.243 e. The molecule has 1 heterocycles. The molecule has 1 aliphatic heterocycles. The number of nitrogens with zero attached hydrogens (tertiary/aromatic N) is 1. The average Bonchev–Trinajstić information content (AvgIpc) is 2.73. The van der Waals surface area contributed by atoms with Gasteiger partial charge in [-0.3, -0.25) is 0 Å². The molecule has 1 fully saturated rings. The van der Waals surface area contributed by atoms with Crippen LogP contribution in [0.2, 0.25) is 0 Å². The molecule has 1 saturated heterocycles. The van der Waals surface area contributed by atoms with Crippen LogP contribution in [-0.4, -0.2) is 25.8 Å². The van der Waals surface area contributed by atoms with Crippen LogP contribution in [0.15, 0.2) is 21.5 Å². The number of rotatable bonds is 3. The molecule has 112 valence electrons. The van der Waals surface area contributed by atoms with Crippen LogP contribution in [0.25, 0.3) is 0 Å². The van der Waals surface area contributed by atoms with Gasteiger partial charge in [-0.25, -0.2) is 8.42 Å². The molecule has 1 aliphatic rings. The molecule has 0 radical (unpaired) electrons. The summed E-state index contributed by atoms with van der Waals surface area (Å²) < 4.78 is 28.0. The van der Waals surface area contributed by atoms with E-state index in [1.165, 1.54) is 0 Å². The lowest BCUT2D eigenvalue weighted by Crippen LogP contribution is -2.29. The van der Waals surface area contributed by atoms with Crippen LogP contribution in [-0.2, 0) is 15.9 Å². The summed E-state index contributed by atoms with van der Waals surface area (Å²) in [5.74, 6) is 1.09. The highest BCUT2D eigenvalue weighted by Gasteiger charge is 2.36. The van der Waals surface area contributed by atoms with Crippen molar-refractivity contribution in [2.75, 3.05) is 13.1 Å². The van der Waals surface area contributed by atoms with Gasteiger partial charge in [0.25, 0.3) is 0 Å². The highest BCUT2D eigenvalue weighted by Crippen LogP contribution is 2.32. The van der Waals surface area contributed by atoms with E-state index >= 15 is 0 Å². The zero-order chi connectivity index (χ0) is 15.1. The van der Waals surface area contributed by atoms with Gasteiger partial charge in [-0.2, -0.15) is 4.31 Å². The van der Waals surface area contributed by atoms with Gasteiger partial charge in [-0.15, -0.1) is 11.6 Å². The predicted molar refractivity (Wildman–Crippen MR) is 85.5 cm³/mol. The molecule has 2 rings (SSSR count). The van der Waals surface area contributed by atoms with E-state index in [0.29, 0.717) is 35.7 Å². The van der Waals surface area contributed by atoms with Gasteiger partial charge in [0.15, 0.2) is 0 Å². The maximum absolute atomic E-state index is 12.8. The predicted octanol–water partition coefficient (Wildman–Crippen LogP) is 3.77. The first-order valence-corrected chi connectivity index (χ1v) is 9.39. The number of halogens is 2. The summed E-state index contributed by atoms with van der Waals surface area (Å²) in [6, 6.07) is 3.56. The smallest absolute Gasteiger partial charge is 0.207 e. The lowest BCUT2D eigenvalue weighted by molar-refractivity contribution is 0.462. The van der Waals surface area contributed by atoms with Crippen LogP contribution >= 0.6 is 27.5 Å².